The van der Waals surface area contributed by atoms with Crippen LogP contribution in [-0.4, -0.2) is 30.8 Å². The number of carbonyl (C=O) groups excluding carboxylic acids is 1. The normalized spacial score (nSPS) is 18.3. The SMILES string of the molecule is CCOC(=O)COc1cccc2c1CCC=C2C1CCOC1c1nc(-c2ccccc2)c(-c2ccccc2)o1. The van der Waals surface area contributed by atoms with Gasteiger partial charge in [-0.25, -0.2) is 9.78 Å². The molecule has 2 heterocycles. The Hall–Kier alpha value is -4.16. The van der Waals surface area contributed by atoms with Gasteiger partial charge in [0.05, 0.1) is 6.61 Å². The Morgan fingerprint density at radius 1 is 0.974 bits per heavy atom. The van der Waals surface area contributed by atoms with Crippen molar-refractivity contribution in [3.8, 4) is 28.3 Å². The molecule has 2 unspecified atom stereocenters. The molecule has 6 heteroatoms. The van der Waals surface area contributed by atoms with Crippen LogP contribution in [-0.2, 0) is 20.7 Å². The molecule has 6 rings (SSSR count). The van der Waals surface area contributed by atoms with Crippen molar-refractivity contribution >= 4 is 11.5 Å². The number of oxazole rings is 1. The lowest BCUT2D eigenvalue weighted by Gasteiger charge is -2.26. The standard InChI is InChI=1S/C33H31NO5/c1-2-36-29(35)21-38-28-18-10-16-24-25(15-9-17-26(24)28)27-19-20-37-32(27)33-34-30(22-11-5-3-6-12-22)31(39-33)23-13-7-4-8-14-23/h3-8,10-16,18,27,32H,2,9,17,19-21H2,1H3. The maximum atomic E-state index is 11.9. The van der Waals surface area contributed by atoms with Gasteiger partial charge in [0.25, 0.3) is 0 Å². The summed E-state index contributed by atoms with van der Waals surface area (Å²) in [5.41, 5.74) is 6.29. The molecule has 1 aliphatic heterocycles. The summed E-state index contributed by atoms with van der Waals surface area (Å²) in [5.74, 6) is 1.81. The first-order chi connectivity index (χ1) is 19.2. The highest BCUT2D eigenvalue weighted by molar-refractivity contribution is 5.78. The Balaban J connectivity index is 1.33. The van der Waals surface area contributed by atoms with Gasteiger partial charge in [-0.2, -0.15) is 0 Å². The molecule has 3 aromatic carbocycles. The van der Waals surface area contributed by atoms with Gasteiger partial charge in [0, 0.05) is 29.2 Å². The van der Waals surface area contributed by atoms with Gasteiger partial charge < -0.3 is 18.6 Å². The van der Waals surface area contributed by atoms with Gasteiger partial charge in [-0.15, -0.1) is 0 Å². The predicted octanol–water partition coefficient (Wildman–Crippen LogP) is 7.06. The molecular weight excluding hydrogens is 490 g/mol. The molecule has 1 aromatic heterocycles. The number of esters is 1. The van der Waals surface area contributed by atoms with Crippen LogP contribution in [0.2, 0.25) is 0 Å². The van der Waals surface area contributed by atoms with Crippen molar-refractivity contribution < 1.29 is 23.4 Å². The first-order valence-electron chi connectivity index (χ1n) is 13.6. The maximum Gasteiger partial charge on any atom is 0.344 e. The highest BCUT2D eigenvalue weighted by Gasteiger charge is 2.38. The molecule has 2 atom stereocenters. The van der Waals surface area contributed by atoms with Crippen LogP contribution in [0.5, 0.6) is 5.75 Å². The molecule has 1 aliphatic carbocycles. The van der Waals surface area contributed by atoms with Crippen molar-refractivity contribution in [3.63, 3.8) is 0 Å². The van der Waals surface area contributed by atoms with Crippen molar-refractivity contribution in [2.24, 2.45) is 5.92 Å². The minimum atomic E-state index is -0.363. The van der Waals surface area contributed by atoms with Crippen LogP contribution in [0.1, 0.15) is 42.9 Å². The van der Waals surface area contributed by atoms with E-state index in [0.717, 1.165) is 58.7 Å². The number of hydrogen-bond donors (Lipinski definition) is 0. The average Bonchev–Trinajstić information content (AvgIpc) is 3.65. The molecule has 6 nitrogen and oxygen atoms in total. The van der Waals surface area contributed by atoms with Crippen LogP contribution in [0.15, 0.2) is 89.4 Å². The van der Waals surface area contributed by atoms with Crippen molar-refractivity contribution in [1.29, 1.82) is 0 Å². The minimum Gasteiger partial charge on any atom is -0.482 e. The lowest BCUT2D eigenvalue weighted by molar-refractivity contribution is -0.145. The molecule has 0 saturated carbocycles. The first-order valence-corrected chi connectivity index (χ1v) is 13.6. The smallest absolute Gasteiger partial charge is 0.344 e. The Bertz CT molecular complexity index is 1420. The van der Waals surface area contributed by atoms with Gasteiger partial charge in [-0.3, -0.25) is 0 Å². The van der Waals surface area contributed by atoms with E-state index in [1.807, 2.05) is 60.7 Å². The quantitative estimate of drug-likeness (QED) is 0.231. The maximum absolute atomic E-state index is 11.9. The van der Waals surface area contributed by atoms with E-state index >= 15 is 0 Å². The molecule has 198 valence electrons. The molecule has 0 N–H and O–H groups in total. The Labute approximate surface area is 228 Å². The zero-order chi connectivity index (χ0) is 26.6. The summed E-state index contributed by atoms with van der Waals surface area (Å²) in [4.78, 5) is 16.9. The van der Waals surface area contributed by atoms with E-state index in [9.17, 15) is 4.79 Å². The first kappa shape index (κ1) is 25.1. The second-order valence-corrected chi connectivity index (χ2v) is 9.72. The molecule has 2 aliphatic rings. The van der Waals surface area contributed by atoms with E-state index in [0.29, 0.717) is 19.1 Å². The second-order valence-electron chi connectivity index (χ2n) is 9.72. The van der Waals surface area contributed by atoms with Gasteiger partial charge in [0.1, 0.15) is 17.5 Å². The average molecular weight is 522 g/mol. The van der Waals surface area contributed by atoms with Crippen LogP contribution in [0, 0.1) is 5.92 Å². The summed E-state index contributed by atoms with van der Waals surface area (Å²) in [7, 11) is 0. The number of allylic oxidation sites excluding steroid dienone is 1. The molecule has 0 bridgehead atoms. The van der Waals surface area contributed by atoms with Crippen molar-refractivity contribution in [2.75, 3.05) is 19.8 Å². The van der Waals surface area contributed by atoms with E-state index in [1.54, 1.807) is 6.92 Å². The largest absolute Gasteiger partial charge is 0.482 e. The van der Waals surface area contributed by atoms with Crippen LogP contribution in [0.25, 0.3) is 28.2 Å². The number of benzene rings is 3. The third-order valence-corrected chi connectivity index (χ3v) is 7.31. The number of nitrogens with zero attached hydrogens (tertiary/aromatic N) is 1. The van der Waals surface area contributed by atoms with Gasteiger partial charge >= 0.3 is 5.97 Å². The number of hydrogen-bond acceptors (Lipinski definition) is 6. The summed E-state index contributed by atoms with van der Waals surface area (Å²) in [5, 5.41) is 0. The third kappa shape index (κ3) is 5.12. The lowest BCUT2D eigenvalue weighted by Crippen LogP contribution is -2.17. The van der Waals surface area contributed by atoms with Crippen molar-refractivity contribution in [1.82, 2.24) is 4.98 Å². The minimum absolute atomic E-state index is 0.0928. The third-order valence-electron chi connectivity index (χ3n) is 7.31. The summed E-state index contributed by atoms with van der Waals surface area (Å²) >= 11 is 0. The van der Waals surface area contributed by atoms with E-state index in [1.165, 1.54) is 5.57 Å². The molecule has 0 amide bonds. The number of ether oxygens (including phenoxy) is 3. The van der Waals surface area contributed by atoms with Gasteiger partial charge in [0.15, 0.2) is 12.4 Å². The summed E-state index contributed by atoms with van der Waals surface area (Å²) in [6.07, 6.45) is 4.62. The van der Waals surface area contributed by atoms with Crippen LogP contribution >= 0.6 is 0 Å². The summed E-state index contributed by atoms with van der Waals surface area (Å²) in [6, 6.07) is 26.3. The van der Waals surface area contributed by atoms with Crippen LogP contribution in [0.4, 0.5) is 0 Å². The highest BCUT2D eigenvalue weighted by atomic mass is 16.6. The topological polar surface area (TPSA) is 70.8 Å². The zero-order valence-electron chi connectivity index (χ0n) is 22.0. The monoisotopic (exact) mass is 521 g/mol. The lowest BCUT2D eigenvalue weighted by atomic mass is 9.80. The molecule has 0 radical (unpaired) electrons. The fourth-order valence-corrected chi connectivity index (χ4v) is 5.59. The fourth-order valence-electron chi connectivity index (χ4n) is 5.59. The molecule has 1 saturated heterocycles. The molecule has 4 aromatic rings. The van der Waals surface area contributed by atoms with E-state index in [4.69, 9.17) is 23.6 Å². The Morgan fingerprint density at radius 3 is 2.51 bits per heavy atom. The highest BCUT2D eigenvalue weighted by Crippen LogP contribution is 2.48. The van der Waals surface area contributed by atoms with Crippen LogP contribution in [0.3, 0.4) is 0 Å². The molecule has 39 heavy (non-hydrogen) atoms. The number of rotatable bonds is 8. The fraction of sp³-hybridized carbons (Fsp3) is 0.273. The number of aromatic nitrogens is 1. The second kappa shape index (κ2) is 11.3. The summed E-state index contributed by atoms with van der Waals surface area (Å²) in [6.45, 7) is 2.66. The van der Waals surface area contributed by atoms with E-state index in [2.05, 4.69) is 24.3 Å². The number of fused-ring (bicyclic) bond motifs is 1. The molecular formula is C33H31NO5. The number of carbonyl (C=O) groups is 1. The summed E-state index contributed by atoms with van der Waals surface area (Å²) < 4.78 is 23.8. The Morgan fingerprint density at radius 2 is 1.74 bits per heavy atom. The van der Waals surface area contributed by atoms with Crippen LogP contribution < -0.4 is 4.74 Å². The van der Waals surface area contributed by atoms with Crippen molar-refractivity contribution in [2.45, 2.75) is 32.3 Å². The zero-order valence-corrected chi connectivity index (χ0v) is 22.0. The van der Waals surface area contributed by atoms with Gasteiger partial charge in [0.2, 0.25) is 5.89 Å². The molecule has 1 fully saturated rings. The van der Waals surface area contributed by atoms with Crippen molar-refractivity contribution in [3.05, 3.63) is 102 Å². The van der Waals surface area contributed by atoms with Gasteiger partial charge in [-0.05, 0) is 43.4 Å². The molecule has 0 spiro atoms. The van der Waals surface area contributed by atoms with E-state index in [-0.39, 0.29) is 24.6 Å². The van der Waals surface area contributed by atoms with E-state index < -0.39 is 0 Å². The Kier molecular flexibility index (Phi) is 7.28. The predicted molar refractivity (Wildman–Crippen MR) is 149 cm³/mol. The van der Waals surface area contributed by atoms with Gasteiger partial charge in [-0.1, -0.05) is 78.9 Å².